The predicted octanol–water partition coefficient (Wildman–Crippen LogP) is 0.308. The Morgan fingerprint density at radius 1 is 1.12 bits per heavy atom. The van der Waals surface area contributed by atoms with Gasteiger partial charge >= 0.3 is 5.97 Å². The summed E-state index contributed by atoms with van der Waals surface area (Å²) in [6.45, 7) is 0.509. The van der Waals surface area contributed by atoms with Crippen LogP contribution in [0.3, 0.4) is 0 Å². The summed E-state index contributed by atoms with van der Waals surface area (Å²) in [7, 11) is 4.56. The zero-order valence-electron chi connectivity index (χ0n) is 18.6. The van der Waals surface area contributed by atoms with E-state index in [0.29, 0.717) is 35.4 Å². The monoisotopic (exact) mass is 455 g/mol. The molecule has 12 nitrogen and oxygen atoms in total. The van der Waals surface area contributed by atoms with E-state index in [1.54, 1.807) is 38.4 Å². The summed E-state index contributed by atoms with van der Waals surface area (Å²) in [5.74, 6) is -0.310. The number of fused-ring (bicyclic) bond motifs is 1. The second kappa shape index (κ2) is 11.0. The standard InChI is InChI=1S/C21H25N7O5/c1-22-8-9-27(12-18(30)33-3)17(29)11-28-20-16(10-25-28)19(23-13-24-20)26-21(31)14-4-6-15(32-2)7-5-14/h4-7,10,13,22H,8-9,11-12H2,1-3H3,(H,23,24,26,31). The molecule has 174 valence electrons. The number of ether oxygens (including phenoxy) is 2. The molecule has 3 aromatic rings. The van der Waals surface area contributed by atoms with Crippen molar-refractivity contribution in [2.45, 2.75) is 6.54 Å². The molecule has 0 atom stereocenters. The molecule has 0 unspecified atom stereocenters. The molecule has 3 rings (SSSR count). The zero-order valence-corrected chi connectivity index (χ0v) is 18.6. The first kappa shape index (κ1) is 23.6. The van der Waals surface area contributed by atoms with Crippen LogP contribution in [0, 0.1) is 0 Å². The number of methoxy groups -OCH3 is 2. The van der Waals surface area contributed by atoms with Gasteiger partial charge in [-0.15, -0.1) is 0 Å². The lowest BCUT2D eigenvalue weighted by atomic mass is 10.2. The normalized spacial score (nSPS) is 10.6. The number of carbonyl (C=O) groups is 3. The number of anilines is 1. The molecule has 0 aliphatic heterocycles. The molecule has 0 saturated heterocycles. The van der Waals surface area contributed by atoms with Crippen LogP contribution >= 0.6 is 0 Å². The van der Waals surface area contributed by atoms with Crippen LogP contribution in [-0.2, 0) is 20.9 Å². The van der Waals surface area contributed by atoms with Crippen molar-refractivity contribution in [2.75, 3.05) is 46.2 Å². The van der Waals surface area contributed by atoms with Crippen LogP contribution in [0.1, 0.15) is 10.4 Å². The summed E-state index contributed by atoms with van der Waals surface area (Å²) < 4.78 is 11.2. The molecule has 33 heavy (non-hydrogen) atoms. The third kappa shape index (κ3) is 5.80. The third-order valence-corrected chi connectivity index (χ3v) is 4.83. The quantitative estimate of drug-likeness (QED) is 0.413. The van der Waals surface area contributed by atoms with E-state index in [1.165, 1.54) is 29.2 Å². The predicted molar refractivity (Wildman–Crippen MR) is 119 cm³/mol. The lowest BCUT2D eigenvalue weighted by Crippen LogP contribution is -2.41. The van der Waals surface area contributed by atoms with E-state index in [-0.39, 0.29) is 30.7 Å². The van der Waals surface area contributed by atoms with Gasteiger partial charge in [-0.1, -0.05) is 0 Å². The van der Waals surface area contributed by atoms with E-state index in [1.807, 2.05) is 0 Å². The van der Waals surface area contributed by atoms with Gasteiger partial charge in [0.15, 0.2) is 5.65 Å². The van der Waals surface area contributed by atoms with E-state index >= 15 is 0 Å². The molecule has 0 fully saturated rings. The van der Waals surface area contributed by atoms with Crippen LogP contribution in [0.4, 0.5) is 5.82 Å². The van der Waals surface area contributed by atoms with Crippen molar-refractivity contribution in [1.29, 1.82) is 0 Å². The topological polar surface area (TPSA) is 141 Å². The van der Waals surface area contributed by atoms with Crippen LogP contribution in [0.25, 0.3) is 11.0 Å². The second-order valence-electron chi connectivity index (χ2n) is 6.94. The highest BCUT2D eigenvalue weighted by atomic mass is 16.5. The molecule has 0 radical (unpaired) electrons. The molecule has 12 heteroatoms. The number of benzene rings is 1. The van der Waals surface area contributed by atoms with Crippen molar-refractivity contribution < 1.29 is 23.9 Å². The van der Waals surface area contributed by atoms with Gasteiger partial charge in [0.1, 0.15) is 31.0 Å². The van der Waals surface area contributed by atoms with Gasteiger partial charge in [-0.3, -0.25) is 14.4 Å². The zero-order chi connectivity index (χ0) is 23.8. The Morgan fingerprint density at radius 2 is 1.88 bits per heavy atom. The minimum atomic E-state index is -0.518. The molecule has 0 spiro atoms. The number of nitrogens with zero attached hydrogens (tertiary/aromatic N) is 5. The second-order valence-corrected chi connectivity index (χ2v) is 6.94. The summed E-state index contributed by atoms with van der Waals surface area (Å²) in [4.78, 5) is 46.8. The Hall–Kier alpha value is -4.06. The molecule has 2 heterocycles. The molecule has 0 aliphatic rings. The van der Waals surface area contributed by atoms with E-state index in [2.05, 4.69) is 30.4 Å². The van der Waals surface area contributed by atoms with Crippen LogP contribution in [0.15, 0.2) is 36.8 Å². The van der Waals surface area contributed by atoms with Gasteiger partial charge in [0.25, 0.3) is 5.91 Å². The van der Waals surface area contributed by atoms with Gasteiger partial charge in [0, 0.05) is 18.7 Å². The number of rotatable bonds is 10. The van der Waals surface area contributed by atoms with Gasteiger partial charge in [-0.25, -0.2) is 14.6 Å². The Morgan fingerprint density at radius 3 is 2.55 bits per heavy atom. The van der Waals surface area contributed by atoms with E-state index in [4.69, 9.17) is 4.74 Å². The molecular formula is C21H25N7O5. The minimum absolute atomic E-state index is 0.146. The number of hydrogen-bond acceptors (Lipinski definition) is 9. The minimum Gasteiger partial charge on any atom is -0.497 e. The lowest BCUT2D eigenvalue weighted by molar-refractivity contribution is -0.147. The summed E-state index contributed by atoms with van der Waals surface area (Å²) in [5.41, 5.74) is 0.795. The molecule has 2 amide bonds. The van der Waals surface area contributed by atoms with Crippen LogP contribution in [0.2, 0.25) is 0 Å². The summed E-state index contributed by atoms with van der Waals surface area (Å²) in [5, 5.41) is 10.4. The first-order valence-electron chi connectivity index (χ1n) is 10.1. The smallest absolute Gasteiger partial charge is 0.325 e. The summed E-state index contributed by atoms with van der Waals surface area (Å²) in [6, 6.07) is 6.63. The maximum absolute atomic E-state index is 12.8. The molecular weight excluding hydrogens is 430 g/mol. The highest BCUT2D eigenvalue weighted by molar-refractivity contribution is 6.07. The van der Waals surface area contributed by atoms with Crippen molar-refractivity contribution >= 4 is 34.6 Å². The van der Waals surface area contributed by atoms with Gasteiger partial charge in [0.05, 0.1) is 25.8 Å². The van der Waals surface area contributed by atoms with Crippen molar-refractivity contribution in [1.82, 2.24) is 30.0 Å². The average Bonchev–Trinajstić information content (AvgIpc) is 3.25. The number of amides is 2. The lowest BCUT2D eigenvalue weighted by Gasteiger charge is -2.21. The highest BCUT2D eigenvalue weighted by Gasteiger charge is 2.20. The van der Waals surface area contributed by atoms with Gasteiger partial charge in [0.2, 0.25) is 5.91 Å². The van der Waals surface area contributed by atoms with Crippen LogP contribution in [0.5, 0.6) is 5.75 Å². The Labute approximate surface area is 189 Å². The highest BCUT2D eigenvalue weighted by Crippen LogP contribution is 2.20. The maximum Gasteiger partial charge on any atom is 0.325 e. The summed E-state index contributed by atoms with van der Waals surface area (Å²) >= 11 is 0. The van der Waals surface area contributed by atoms with Crippen LogP contribution in [-0.4, -0.2) is 83.3 Å². The van der Waals surface area contributed by atoms with Crippen molar-refractivity contribution in [3.63, 3.8) is 0 Å². The fourth-order valence-corrected chi connectivity index (χ4v) is 3.02. The Kier molecular flexibility index (Phi) is 7.86. The fourth-order valence-electron chi connectivity index (χ4n) is 3.02. The molecule has 2 aromatic heterocycles. The Bertz CT molecular complexity index is 1130. The molecule has 0 aliphatic carbocycles. The maximum atomic E-state index is 12.8. The largest absolute Gasteiger partial charge is 0.497 e. The number of hydrogen-bond donors (Lipinski definition) is 2. The fraction of sp³-hybridized carbons (Fsp3) is 0.333. The number of carbonyl (C=O) groups excluding carboxylic acids is 3. The Balaban J connectivity index is 1.77. The molecule has 0 saturated carbocycles. The molecule has 2 N–H and O–H groups in total. The first-order chi connectivity index (χ1) is 16.0. The number of likely N-dealkylation sites (N-methyl/N-ethyl adjacent to an activating group) is 1. The van der Waals surface area contributed by atoms with Crippen molar-refractivity contribution in [3.05, 3.63) is 42.4 Å². The van der Waals surface area contributed by atoms with E-state index < -0.39 is 5.97 Å². The third-order valence-electron chi connectivity index (χ3n) is 4.83. The number of esters is 1. The molecule has 1 aromatic carbocycles. The van der Waals surface area contributed by atoms with Gasteiger partial charge in [-0.05, 0) is 31.3 Å². The SMILES string of the molecule is CNCCN(CC(=O)OC)C(=O)Cn1ncc2c(NC(=O)c3ccc(OC)cc3)ncnc21. The summed E-state index contributed by atoms with van der Waals surface area (Å²) in [6.07, 6.45) is 2.76. The average molecular weight is 455 g/mol. The van der Waals surface area contributed by atoms with Crippen LogP contribution < -0.4 is 15.4 Å². The van der Waals surface area contributed by atoms with Gasteiger partial charge in [-0.2, -0.15) is 5.10 Å². The first-order valence-corrected chi connectivity index (χ1v) is 10.1. The number of nitrogens with one attached hydrogen (secondary N) is 2. The van der Waals surface area contributed by atoms with E-state index in [0.717, 1.165) is 0 Å². The van der Waals surface area contributed by atoms with E-state index in [9.17, 15) is 14.4 Å². The number of aromatic nitrogens is 4. The molecule has 0 bridgehead atoms. The van der Waals surface area contributed by atoms with Crippen molar-refractivity contribution in [3.8, 4) is 5.75 Å². The van der Waals surface area contributed by atoms with Crippen molar-refractivity contribution in [2.24, 2.45) is 0 Å². The van der Waals surface area contributed by atoms with Gasteiger partial charge < -0.3 is 25.0 Å².